The van der Waals surface area contributed by atoms with Gasteiger partial charge in [0, 0.05) is 38.4 Å². The fourth-order valence-electron chi connectivity index (χ4n) is 3.78. The average Bonchev–Trinajstić information content (AvgIpc) is 2.92. The van der Waals surface area contributed by atoms with Gasteiger partial charge in [-0.3, -0.25) is 14.4 Å². The predicted molar refractivity (Wildman–Crippen MR) is 143 cm³/mol. The van der Waals surface area contributed by atoms with Crippen LogP contribution in [0.1, 0.15) is 30.9 Å². The van der Waals surface area contributed by atoms with Crippen molar-refractivity contribution < 1.29 is 19.1 Å². The molecule has 2 aromatic carbocycles. The van der Waals surface area contributed by atoms with Crippen molar-refractivity contribution in [3.63, 3.8) is 0 Å². The smallest absolute Gasteiger partial charge is 0.242 e. The van der Waals surface area contributed by atoms with Gasteiger partial charge in [-0.05, 0) is 42.0 Å². The van der Waals surface area contributed by atoms with Gasteiger partial charge in [0.05, 0.1) is 0 Å². The minimum absolute atomic E-state index is 0.116. The maximum Gasteiger partial charge on any atom is 0.242 e. The van der Waals surface area contributed by atoms with Crippen LogP contribution >= 0.6 is 0 Å². The number of nitrogens with one attached hydrogen (secondary N) is 2. The van der Waals surface area contributed by atoms with Crippen molar-refractivity contribution in [2.75, 3.05) is 19.6 Å². The highest BCUT2D eigenvalue weighted by molar-refractivity contribution is 5.88. The number of hydrogen-bond donors (Lipinski definition) is 3. The molecule has 2 unspecified atom stereocenters. The van der Waals surface area contributed by atoms with Gasteiger partial charge in [-0.15, -0.1) is 0 Å². The third-order valence-electron chi connectivity index (χ3n) is 6.14. The Hall–Kier alpha value is -4.07. The Kier molecular flexibility index (Phi) is 10.8. The Bertz CT molecular complexity index is 1080. The van der Waals surface area contributed by atoms with Crippen LogP contribution in [0.25, 0.3) is 0 Å². The molecule has 0 saturated heterocycles. The number of carbonyl (C=O) groups excluding carboxylic acids is 3. The van der Waals surface area contributed by atoms with Crippen LogP contribution in [0, 0.1) is 5.92 Å². The van der Waals surface area contributed by atoms with E-state index < -0.39 is 17.9 Å². The van der Waals surface area contributed by atoms with Gasteiger partial charge in [0.1, 0.15) is 18.4 Å². The van der Waals surface area contributed by atoms with Crippen molar-refractivity contribution in [3.8, 4) is 5.75 Å². The molecule has 0 aliphatic carbocycles. The zero-order chi connectivity index (χ0) is 26.5. The summed E-state index contributed by atoms with van der Waals surface area (Å²) in [6.07, 6.45) is 8.74. The lowest BCUT2D eigenvalue weighted by molar-refractivity contribution is -0.129. The van der Waals surface area contributed by atoms with Crippen LogP contribution in [-0.2, 0) is 27.4 Å². The van der Waals surface area contributed by atoms with Crippen LogP contribution < -0.4 is 21.1 Å². The predicted octanol–water partition coefficient (Wildman–Crippen LogP) is 2.70. The fraction of sp³-hybridized carbons (Fsp3) is 0.345. The number of benzene rings is 2. The molecule has 2 aromatic rings. The summed E-state index contributed by atoms with van der Waals surface area (Å²) in [5.41, 5.74) is 7.27. The average molecular weight is 505 g/mol. The number of carbonyl (C=O) groups is 3. The third-order valence-corrected chi connectivity index (χ3v) is 6.14. The van der Waals surface area contributed by atoms with Gasteiger partial charge in [-0.1, -0.05) is 61.5 Å². The van der Waals surface area contributed by atoms with Crippen molar-refractivity contribution >= 4 is 17.7 Å². The number of hydrogen-bond acceptors (Lipinski definition) is 5. The van der Waals surface area contributed by atoms with Gasteiger partial charge < -0.3 is 26.0 Å². The number of primary amides is 1. The first-order valence-corrected chi connectivity index (χ1v) is 12.6. The molecule has 0 saturated carbocycles. The summed E-state index contributed by atoms with van der Waals surface area (Å²) >= 11 is 0. The second-order valence-corrected chi connectivity index (χ2v) is 9.14. The van der Waals surface area contributed by atoms with Crippen LogP contribution in [0.3, 0.4) is 0 Å². The Morgan fingerprint density at radius 3 is 2.46 bits per heavy atom. The van der Waals surface area contributed by atoms with Gasteiger partial charge in [0.2, 0.25) is 17.7 Å². The van der Waals surface area contributed by atoms with E-state index in [-0.39, 0.29) is 18.2 Å². The highest BCUT2D eigenvalue weighted by Crippen LogP contribution is 2.16. The Balaban J connectivity index is 1.57. The van der Waals surface area contributed by atoms with Gasteiger partial charge in [0.25, 0.3) is 0 Å². The third kappa shape index (κ3) is 9.83. The van der Waals surface area contributed by atoms with Crippen LogP contribution in [0.4, 0.5) is 0 Å². The van der Waals surface area contributed by atoms with Crippen molar-refractivity contribution in [2.24, 2.45) is 11.7 Å². The Labute approximate surface area is 218 Å². The van der Waals surface area contributed by atoms with E-state index in [4.69, 9.17) is 10.5 Å². The summed E-state index contributed by atoms with van der Waals surface area (Å²) in [5.74, 6) is -0.675. The topological polar surface area (TPSA) is 114 Å². The summed E-state index contributed by atoms with van der Waals surface area (Å²) in [7, 11) is 0. The monoisotopic (exact) mass is 504 g/mol. The SMILES string of the molecule is CC(CCC(=O)NC(Cc1ccc(OCc2ccccc2)cc1)C(=O)NCCN1C=CC=CC1)C(N)=O. The van der Waals surface area contributed by atoms with E-state index in [1.165, 1.54) is 0 Å². The van der Waals surface area contributed by atoms with Crippen LogP contribution in [-0.4, -0.2) is 48.3 Å². The van der Waals surface area contributed by atoms with Gasteiger partial charge in [-0.25, -0.2) is 0 Å². The molecule has 8 heteroatoms. The van der Waals surface area contributed by atoms with Crippen molar-refractivity contribution in [1.82, 2.24) is 15.5 Å². The number of nitrogens with two attached hydrogens (primary N) is 1. The van der Waals surface area contributed by atoms with E-state index in [2.05, 4.69) is 15.5 Å². The first kappa shape index (κ1) is 27.5. The summed E-state index contributed by atoms with van der Waals surface area (Å²) in [6, 6.07) is 16.7. The lowest BCUT2D eigenvalue weighted by Crippen LogP contribution is -2.49. The highest BCUT2D eigenvalue weighted by Gasteiger charge is 2.22. The number of ether oxygens (including phenoxy) is 1. The molecule has 4 N–H and O–H groups in total. The number of nitrogens with zero attached hydrogens (tertiary/aromatic N) is 1. The largest absolute Gasteiger partial charge is 0.489 e. The molecule has 3 amide bonds. The maximum absolute atomic E-state index is 13.0. The Morgan fingerprint density at radius 1 is 1.03 bits per heavy atom. The van der Waals surface area contributed by atoms with E-state index in [1.807, 2.05) is 79.0 Å². The van der Waals surface area contributed by atoms with Gasteiger partial charge >= 0.3 is 0 Å². The zero-order valence-electron chi connectivity index (χ0n) is 21.3. The van der Waals surface area contributed by atoms with Crippen LogP contribution in [0.15, 0.2) is 79.0 Å². The fourth-order valence-corrected chi connectivity index (χ4v) is 3.78. The molecule has 0 bridgehead atoms. The van der Waals surface area contributed by atoms with Crippen molar-refractivity contribution in [2.45, 2.75) is 38.8 Å². The summed E-state index contributed by atoms with van der Waals surface area (Å²) in [4.78, 5) is 39.0. The van der Waals surface area contributed by atoms with E-state index in [0.717, 1.165) is 23.4 Å². The molecule has 196 valence electrons. The Morgan fingerprint density at radius 2 is 1.78 bits per heavy atom. The lowest BCUT2D eigenvalue weighted by atomic mass is 10.0. The summed E-state index contributed by atoms with van der Waals surface area (Å²) in [5, 5.41) is 5.77. The normalized spacial score (nSPS) is 14.0. The highest BCUT2D eigenvalue weighted by atomic mass is 16.5. The molecule has 0 radical (unpaired) electrons. The quantitative estimate of drug-likeness (QED) is 0.366. The van der Waals surface area contributed by atoms with E-state index >= 15 is 0 Å². The lowest BCUT2D eigenvalue weighted by Gasteiger charge is -2.22. The van der Waals surface area contributed by atoms with Crippen LogP contribution in [0.5, 0.6) is 5.75 Å². The molecular weight excluding hydrogens is 468 g/mol. The summed E-state index contributed by atoms with van der Waals surface area (Å²) < 4.78 is 5.85. The molecule has 37 heavy (non-hydrogen) atoms. The van der Waals surface area contributed by atoms with Crippen molar-refractivity contribution in [3.05, 3.63) is 90.2 Å². The molecule has 1 aliphatic rings. The molecule has 0 aromatic heterocycles. The molecule has 1 heterocycles. The molecule has 2 atom stereocenters. The minimum atomic E-state index is -0.746. The summed E-state index contributed by atoms with van der Waals surface area (Å²) in [6.45, 7) is 4.06. The molecule has 8 nitrogen and oxygen atoms in total. The van der Waals surface area contributed by atoms with E-state index in [1.54, 1.807) is 6.92 Å². The first-order chi connectivity index (χ1) is 17.9. The van der Waals surface area contributed by atoms with Crippen molar-refractivity contribution in [1.29, 1.82) is 0 Å². The second kappa shape index (κ2) is 14.5. The standard InChI is InChI=1S/C29H36N4O4/c1-22(28(30)35)10-15-27(34)32-26(29(36)31-16-19-33-17-6-3-7-18-33)20-23-11-13-25(14-12-23)37-21-24-8-4-2-5-9-24/h2-9,11-14,17,22,26H,10,15-16,18-21H2,1H3,(H2,30,35)(H,31,36)(H,32,34). The number of allylic oxidation sites excluding steroid dienone is 2. The first-order valence-electron chi connectivity index (χ1n) is 12.6. The number of rotatable bonds is 14. The molecule has 1 aliphatic heterocycles. The number of amides is 3. The molecule has 3 rings (SSSR count). The van der Waals surface area contributed by atoms with Gasteiger partial charge in [0.15, 0.2) is 0 Å². The van der Waals surface area contributed by atoms with E-state index in [0.29, 0.717) is 32.5 Å². The zero-order valence-corrected chi connectivity index (χ0v) is 21.3. The van der Waals surface area contributed by atoms with Crippen LogP contribution in [0.2, 0.25) is 0 Å². The minimum Gasteiger partial charge on any atom is -0.489 e. The molecule has 0 fully saturated rings. The second-order valence-electron chi connectivity index (χ2n) is 9.14. The molecular formula is C29H36N4O4. The van der Waals surface area contributed by atoms with Gasteiger partial charge in [-0.2, -0.15) is 0 Å². The maximum atomic E-state index is 13.0. The molecule has 0 spiro atoms. The van der Waals surface area contributed by atoms with E-state index in [9.17, 15) is 14.4 Å².